The van der Waals surface area contributed by atoms with Crippen molar-refractivity contribution in [2.75, 3.05) is 13.2 Å². The number of aromatic nitrogens is 3. The van der Waals surface area contributed by atoms with Crippen LogP contribution in [0.5, 0.6) is 0 Å². The SMILES string of the molecule is Cn1c(CN(CC2CCCO2)C2CCCC2)nnc1-c1ccccc1. The van der Waals surface area contributed by atoms with Crippen molar-refractivity contribution in [1.82, 2.24) is 19.7 Å². The van der Waals surface area contributed by atoms with Gasteiger partial charge < -0.3 is 9.30 Å². The lowest BCUT2D eigenvalue weighted by atomic mass is 10.1. The van der Waals surface area contributed by atoms with Gasteiger partial charge in [-0.2, -0.15) is 0 Å². The first-order valence-electron chi connectivity index (χ1n) is 9.60. The minimum absolute atomic E-state index is 0.391. The highest BCUT2D eigenvalue weighted by Crippen LogP contribution is 2.27. The van der Waals surface area contributed by atoms with E-state index in [4.69, 9.17) is 4.74 Å². The Morgan fingerprint density at radius 3 is 2.60 bits per heavy atom. The fourth-order valence-corrected chi connectivity index (χ4v) is 4.18. The molecule has 1 saturated carbocycles. The van der Waals surface area contributed by atoms with Gasteiger partial charge in [0.2, 0.25) is 0 Å². The Morgan fingerprint density at radius 2 is 1.88 bits per heavy atom. The molecule has 0 bridgehead atoms. The highest BCUT2D eigenvalue weighted by molar-refractivity contribution is 5.54. The monoisotopic (exact) mass is 340 g/mol. The van der Waals surface area contributed by atoms with E-state index in [0.29, 0.717) is 12.1 Å². The van der Waals surface area contributed by atoms with E-state index in [-0.39, 0.29) is 0 Å². The third-order valence-electron chi connectivity index (χ3n) is 5.64. The molecule has 1 aromatic heterocycles. The van der Waals surface area contributed by atoms with Crippen LogP contribution in [0.1, 0.15) is 44.3 Å². The smallest absolute Gasteiger partial charge is 0.163 e. The molecule has 2 heterocycles. The van der Waals surface area contributed by atoms with Gasteiger partial charge in [0.05, 0.1) is 12.6 Å². The summed E-state index contributed by atoms with van der Waals surface area (Å²) in [5.41, 5.74) is 1.12. The van der Waals surface area contributed by atoms with Crippen molar-refractivity contribution in [2.24, 2.45) is 7.05 Å². The molecule has 0 N–H and O–H groups in total. The Hall–Kier alpha value is -1.72. The molecule has 134 valence electrons. The van der Waals surface area contributed by atoms with Crippen LogP contribution in [0.2, 0.25) is 0 Å². The van der Waals surface area contributed by atoms with Crippen molar-refractivity contribution in [2.45, 2.75) is 57.2 Å². The van der Waals surface area contributed by atoms with Crippen LogP contribution in [-0.4, -0.2) is 45.0 Å². The Balaban J connectivity index is 1.52. The van der Waals surface area contributed by atoms with Crippen LogP contribution in [0.15, 0.2) is 30.3 Å². The molecule has 1 aliphatic carbocycles. The molecule has 2 fully saturated rings. The first-order chi connectivity index (χ1) is 12.3. The summed E-state index contributed by atoms with van der Waals surface area (Å²) in [5, 5.41) is 8.96. The van der Waals surface area contributed by atoms with E-state index < -0.39 is 0 Å². The third kappa shape index (κ3) is 3.77. The van der Waals surface area contributed by atoms with E-state index in [9.17, 15) is 0 Å². The number of rotatable bonds is 6. The van der Waals surface area contributed by atoms with Gasteiger partial charge >= 0.3 is 0 Å². The quantitative estimate of drug-likeness (QED) is 0.808. The minimum atomic E-state index is 0.391. The van der Waals surface area contributed by atoms with Crippen LogP contribution in [0.25, 0.3) is 11.4 Å². The van der Waals surface area contributed by atoms with Gasteiger partial charge in [-0.25, -0.2) is 0 Å². The van der Waals surface area contributed by atoms with Gasteiger partial charge in [-0.3, -0.25) is 4.90 Å². The predicted octanol–water partition coefficient (Wildman–Crippen LogP) is 3.41. The number of benzene rings is 1. The van der Waals surface area contributed by atoms with Crippen molar-refractivity contribution >= 4 is 0 Å². The Labute approximate surface area is 150 Å². The van der Waals surface area contributed by atoms with Crippen molar-refractivity contribution < 1.29 is 4.74 Å². The molecule has 1 unspecified atom stereocenters. The average molecular weight is 340 g/mol. The molecule has 1 aromatic carbocycles. The molecule has 1 aliphatic heterocycles. The molecule has 0 radical (unpaired) electrons. The summed E-state index contributed by atoms with van der Waals surface area (Å²) in [6, 6.07) is 11.0. The summed E-state index contributed by atoms with van der Waals surface area (Å²) in [7, 11) is 2.08. The maximum atomic E-state index is 5.90. The van der Waals surface area contributed by atoms with E-state index in [2.05, 4.69) is 38.8 Å². The van der Waals surface area contributed by atoms with Crippen LogP contribution in [0.3, 0.4) is 0 Å². The number of hydrogen-bond donors (Lipinski definition) is 0. The predicted molar refractivity (Wildman–Crippen MR) is 98.1 cm³/mol. The van der Waals surface area contributed by atoms with Crippen molar-refractivity contribution in [1.29, 1.82) is 0 Å². The van der Waals surface area contributed by atoms with Crippen LogP contribution >= 0.6 is 0 Å². The van der Waals surface area contributed by atoms with Crippen molar-refractivity contribution in [3.8, 4) is 11.4 Å². The average Bonchev–Trinajstić information content (AvgIpc) is 3.38. The normalized spacial score (nSPS) is 21.4. The second-order valence-electron chi connectivity index (χ2n) is 7.37. The van der Waals surface area contributed by atoms with Gasteiger partial charge in [-0.1, -0.05) is 43.2 Å². The zero-order valence-corrected chi connectivity index (χ0v) is 15.1. The zero-order chi connectivity index (χ0) is 17.1. The summed E-state index contributed by atoms with van der Waals surface area (Å²) in [5.74, 6) is 1.99. The largest absolute Gasteiger partial charge is 0.377 e. The van der Waals surface area contributed by atoms with Crippen LogP contribution in [-0.2, 0) is 18.3 Å². The van der Waals surface area contributed by atoms with Gasteiger partial charge in [0.15, 0.2) is 5.82 Å². The first-order valence-corrected chi connectivity index (χ1v) is 9.60. The van der Waals surface area contributed by atoms with Crippen LogP contribution < -0.4 is 0 Å². The van der Waals surface area contributed by atoms with Crippen molar-refractivity contribution in [3.63, 3.8) is 0 Å². The summed E-state index contributed by atoms with van der Waals surface area (Å²) in [6.45, 7) is 2.81. The maximum Gasteiger partial charge on any atom is 0.163 e. The van der Waals surface area contributed by atoms with Crippen molar-refractivity contribution in [3.05, 3.63) is 36.2 Å². The Kier molecular flexibility index (Phi) is 5.13. The van der Waals surface area contributed by atoms with Gasteiger partial charge in [0, 0.05) is 31.8 Å². The molecule has 5 nitrogen and oxygen atoms in total. The fourth-order valence-electron chi connectivity index (χ4n) is 4.18. The molecule has 2 aromatic rings. The number of hydrogen-bond acceptors (Lipinski definition) is 4. The lowest BCUT2D eigenvalue weighted by Gasteiger charge is -2.30. The maximum absolute atomic E-state index is 5.90. The molecule has 0 spiro atoms. The van der Waals surface area contributed by atoms with Gasteiger partial charge in [0.25, 0.3) is 0 Å². The molecule has 2 aliphatic rings. The molecule has 0 amide bonds. The van der Waals surface area contributed by atoms with Gasteiger partial charge in [-0.05, 0) is 25.7 Å². The topological polar surface area (TPSA) is 43.2 Å². The van der Waals surface area contributed by atoms with E-state index in [0.717, 1.165) is 36.9 Å². The number of ether oxygens (including phenoxy) is 1. The zero-order valence-electron chi connectivity index (χ0n) is 15.1. The fraction of sp³-hybridized carbons (Fsp3) is 0.600. The summed E-state index contributed by atoms with van der Waals surface area (Å²) < 4.78 is 8.05. The highest BCUT2D eigenvalue weighted by Gasteiger charge is 2.28. The summed E-state index contributed by atoms with van der Waals surface area (Å²) >= 11 is 0. The molecule has 25 heavy (non-hydrogen) atoms. The molecule has 1 atom stereocenters. The second kappa shape index (κ2) is 7.67. The Bertz CT molecular complexity index is 672. The van der Waals surface area contributed by atoms with E-state index >= 15 is 0 Å². The molecule has 4 rings (SSSR count). The van der Waals surface area contributed by atoms with Gasteiger partial charge in [0.1, 0.15) is 5.82 Å². The van der Waals surface area contributed by atoms with Crippen LogP contribution in [0.4, 0.5) is 0 Å². The Morgan fingerprint density at radius 1 is 1.08 bits per heavy atom. The number of nitrogens with zero attached hydrogens (tertiary/aromatic N) is 4. The third-order valence-corrected chi connectivity index (χ3v) is 5.64. The lowest BCUT2D eigenvalue weighted by Crippen LogP contribution is -2.39. The van der Waals surface area contributed by atoms with E-state index in [1.807, 2.05) is 18.2 Å². The molecular weight excluding hydrogens is 312 g/mol. The first kappa shape index (κ1) is 16.7. The molecular formula is C20H28N4O. The highest BCUT2D eigenvalue weighted by atomic mass is 16.5. The second-order valence-corrected chi connectivity index (χ2v) is 7.37. The standard InChI is InChI=1S/C20H28N4O/c1-23-19(21-22-20(23)16-8-3-2-4-9-16)15-24(17-10-5-6-11-17)14-18-12-7-13-25-18/h2-4,8-9,17-18H,5-7,10-15H2,1H3. The van der Waals surface area contributed by atoms with E-state index in [1.54, 1.807) is 0 Å². The summed E-state index contributed by atoms with van der Waals surface area (Å²) in [4.78, 5) is 2.60. The van der Waals surface area contributed by atoms with E-state index in [1.165, 1.54) is 38.5 Å². The lowest BCUT2D eigenvalue weighted by molar-refractivity contribution is 0.0526. The van der Waals surface area contributed by atoms with Gasteiger partial charge in [-0.15, -0.1) is 10.2 Å². The summed E-state index contributed by atoms with van der Waals surface area (Å²) in [6.07, 6.45) is 8.08. The molecule has 1 saturated heterocycles. The molecule has 5 heteroatoms. The minimum Gasteiger partial charge on any atom is -0.377 e. The van der Waals surface area contributed by atoms with Crippen LogP contribution in [0, 0.1) is 0 Å².